The first-order chi connectivity index (χ1) is 13.9. The number of aryl methyl sites for hydroxylation is 1. The maximum absolute atomic E-state index is 13.1. The van der Waals surface area contributed by atoms with Gasteiger partial charge in [-0.3, -0.25) is 19.8 Å². The van der Waals surface area contributed by atoms with Gasteiger partial charge in [0.05, 0.1) is 5.69 Å². The van der Waals surface area contributed by atoms with Crippen LogP contribution in [0.15, 0.2) is 72.4 Å². The molecule has 0 radical (unpaired) electrons. The van der Waals surface area contributed by atoms with Crippen molar-refractivity contribution in [3.8, 4) is 5.69 Å². The van der Waals surface area contributed by atoms with Crippen molar-refractivity contribution < 1.29 is 9.59 Å². The van der Waals surface area contributed by atoms with Crippen LogP contribution < -0.4 is 10.2 Å². The first-order valence-corrected chi connectivity index (χ1v) is 9.64. The average Bonchev–Trinajstić information content (AvgIpc) is 3.15. The van der Waals surface area contributed by atoms with E-state index in [1.165, 1.54) is 4.90 Å². The number of benzene rings is 2. The van der Waals surface area contributed by atoms with E-state index in [1.807, 2.05) is 54.1 Å². The maximum atomic E-state index is 13.1. The molecular formula is C22H16ClN3O2S. The van der Waals surface area contributed by atoms with Crippen molar-refractivity contribution in [3.63, 3.8) is 0 Å². The van der Waals surface area contributed by atoms with E-state index in [2.05, 4.69) is 5.32 Å². The number of hydrogen-bond acceptors (Lipinski definition) is 3. The zero-order valence-electron chi connectivity index (χ0n) is 15.4. The number of halogens is 1. The number of aromatic nitrogens is 1. The summed E-state index contributed by atoms with van der Waals surface area (Å²) in [6.07, 6.45) is 3.45. The summed E-state index contributed by atoms with van der Waals surface area (Å²) in [6.45, 7) is 2.02. The van der Waals surface area contributed by atoms with Crippen LogP contribution in [0.3, 0.4) is 0 Å². The van der Waals surface area contributed by atoms with E-state index in [0.717, 1.165) is 11.3 Å². The average molecular weight is 422 g/mol. The number of anilines is 1. The molecule has 7 heteroatoms. The molecule has 2 heterocycles. The summed E-state index contributed by atoms with van der Waals surface area (Å²) in [4.78, 5) is 26.9. The number of thiocarbonyl (C=S) groups is 1. The Morgan fingerprint density at radius 3 is 2.31 bits per heavy atom. The third kappa shape index (κ3) is 3.72. The molecule has 3 aromatic rings. The third-order valence-electron chi connectivity index (χ3n) is 4.57. The molecule has 1 fully saturated rings. The SMILES string of the molecule is Cc1ccc(-n2cccc2C=C2C(=O)NC(=S)N(c3ccc(Cl)cc3)C2=O)cc1. The Hall–Kier alpha value is -3.22. The van der Waals surface area contributed by atoms with Crippen LogP contribution in [-0.4, -0.2) is 21.5 Å². The Morgan fingerprint density at radius 1 is 0.966 bits per heavy atom. The van der Waals surface area contributed by atoms with E-state index in [1.54, 1.807) is 30.3 Å². The lowest BCUT2D eigenvalue weighted by molar-refractivity contribution is -0.122. The van der Waals surface area contributed by atoms with E-state index in [0.29, 0.717) is 16.4 Å². The first-order valence-electron chi connectivity index (χ1n) is 8.85. The number of rotatable bonds is 3. The van der Waals surface area contributed by atoms with E-state index < -0.39 is 11.8 Å². The summed E-state index contributed by atoms with van der Waals surface area (Å²) >= 11 is 11.2. The van der Waals surface area contributed by atoms with Crippen LogP contribution >= 0.6 is 23.8 Å². The monoisotopic (exact) mass is 421 g/mol. The van der Waals surface area contributed by atoms with Crippen molar-refractivity contribution in [3.05, 3.63) is 88.7 Å². The van der Waals surface area contributed by atoms with E-state index >= 15 is 0 Å². The van der Waals surface area contributed by atoms with Gasteiger partial charge in [0.15, 0.2) is 5.11 Å². The van der Waals surface area contributed by atoms with Gasteiger partial charge >= 0.3 is 0 Å². The molecule has 0 saturated carbocycles. The zero-order chi connectivity index (χ0) is 20.5. The van der Waals surface area contributed by atoms with Crippen LogP contribution in [0.25, 0.3) is 11.8 Å². The second-order valence-corrected chi connectivity index (χ2v) is 7.40. The molecule has 1 N–H and O–H groups in total. The number of hydrogen-bond donors (Lipinski definition) is 1. The van der Waals surface area contributed by atoms with Gasteiger partial charge in [-0.25, -0.2) is 0 Å². The highest BCUT2D eigenvalue weighted by molar-refractivity contribution is 7.80. The molecule has 0 spiro atoms. The Labute approximate surface area is 178 Å². The maximum Gasteiger partial charge on any atom is 0.270 e. The Bertz CT molecular complexity index is 1150. The highest BCUT2D eigenvalue weighted by atomic mass is 35.5. The summed E-state index contributed by atoms with van der Waals surface area (Å²) in [5, 5.41) is 3.17. The highest BCUT2D eigenvalue weighted by Crippen LogP contribution is 2.24. The number of carbonyl (C=O) groups excluding carboxylic acids is 2. The molecule has 0 atom stereocenters. The van der Waals surface area contributed by atoms with Gasteiger partial charge in [-0.1, -0.05) is 29.3 Å². The fourth-order valence-corrected chi connectivity index (χ4v) is 3.49. The molecule has 29 heavy (non-hydrogen) atoms. The lowest BCUT2D eigenvalue weighted by Gasteiger charge is -2.29. The van der Waals surface area contributed by atoms with Crippen LogP contribution in [0.1, 0.15) is 11.3 Å². The molecule has 1 aliphatic heterocycles. The van der Waals surface area contributed by atoms with Gasteiger partial charge < -0.3 is 4.57 Å². The van der Waals surface area contributed by atoms with Crippen molar-refractivity contribution >= 4 is 52.5 Å². The molecule has 5 nitrogen and oxygen atoms in total. The van der Waals surface area contributed by atoms with E-state index in [-0.39, 0.29) is 10.7 Å². The minimum atomic E-state index is -0.526. The van der Waals surface area contributed by atoms with Crippen molar-refractivity contribution in [2.24, 2.45) is 0 Å². The molecule has 2 amide bonds. The minimum Gasteiger partial charge on any atom is -0.317 e. The number of carbonyl (C=O) groups is 2. The highest BCUT2D eigenvalue weighted by Gasteiger charge is 2.34. The van der Waals surface area contributed by atoms with Crippen molar-refractivity contribution in [1.29, 1.82) is 0 Å². The van der Waals surface area contributed by atoms with Crippen LogP contribution in [-0.2, 0) is 9.59 Å². The quantitative estimate of drug-likeness (QED) is 0.390. The second kappa shape index (κ2) is 7.66. The van der Waals surface area contributed by atoms with Gasteiger partial charge in [-0.2, -0.15) is 0 Å². The smallest absolute Gasteiger partial charge is 0.270 e. The van der Waals surface area contributed by atoms with Crippen molar-refractivity contribution in [1.82, 2.24) is 9.88 Å². The normalized spacial score (nSPS) is 15.7. The van der Waals surface area contributed by atoms with Gasteiger partial charge in [0.2, 0.25) is 0 Å². The molecule has 0 bridgehead atoms. The summed E-state index contributed by atoms with van der Waals surface area (Å²) in [5.74, 6) is -1.01. The van der Waals surface area contributed by atoms with Crippen LogP contribution in [0.4, 0.5) is 5.69 Å². The molecule has 0 unspecified atom stereocenters. The van der Waals surface area contributed by atoms with Gasteiger partial charge in [0.1, 0.15) is 5.57 Å². The lowest BCUT2D eigenvalue weighted by atomic mass is 10.1. The molecular weight excluding hydrogens is 406 g/mol. The molecule has 1 aliphatic rings. The molecule has 1 saturated heterocycles. The van der Waals surface area contributed by atoms with E-state index in [9.17, 15) is 9.59 Å². The number of nitrogens with one attached hydrogen (secondary N) is 1. The zero-order valence-corrected chi connectivity index (χ0v) is 17.0. The summed E-state index contributed by atoms with van der Waals surface area (Å²) in [6, 6.07) is 18.4. The van der Waals surface area contributed by atoms with Crippen LogP contribution in [0, 0.1) is 6.92 Å². The van der Waals surface area contributed by atoms with E-state index in [4.69, 9.17) is 23.8 Å². The molecule has 4 rings (SSSR count). The summed E-state index contributed by atoms with van der Waals surface area (Å²) in [5.41, 5.74) is 3.32. The van der Waals surface area contributed by atoms with Crippen molar-refractivity contribution in [2.75, 3.05) is 4.90 Å². The predicted octanol–water partition coefficient (Wildman–Crippen LogP) is 4.27. The summed E-state index contributed by atoms with van der Waals surface area (Å²) < 4.78 is 1.91. The fourth-order valence-electron chi connectivity index (χ4n) is 3.08. The Morgan fingerprint density at radius 2 is 1.62 bits per heavy atom. The van der Waals surface area contributed by atoms with Gasteiger partial charge in [-0.15, -0.1) is 0 Å². The minimum absolute atomic E-state index is 0.000566. The molecule has 0 aliphatic carbocycles. The fraction of sp³-hybridized carbons (Fsp3) is 0.0455. The van der Waals surface area contributed by atoms with Crippen LogP contribution in [0.5, 0.6) is 0 Å². The largest absolute Gasteiger partial charge is 0.317 e. The van der Waals surface area contributed by atoms with Gasteiger partial charge in [0.25, 0.3) is 11.8 Å². The molecule has 2 aromatic carbocycles. The van der Waals surface area contributed by atoms with Gasteiger partial charge in [0, 0.05) is 22.6 Å². The molecule has 1 aromatic heterocycles. The van der Waals surface area contributed by atoms with Gasteiger partial charge in [-0.05, 0) is 73.7 Å². The number of amides is 2. The molecule has 144 valence electrons. The second-order valence-electron chi connectivity index (χ2n) is 6.57. The third-order valence-corrected chi connectivity index (χ3v) is 5.11. The first kappa shape index (κ1) is 19.1. The van der Waals surface area contributed by atoms with Crippen LogP contribution in [0.2, 0.25) is 5.02 Å². The topological polar surface area (TPSA) is 54.3 Å². The Kier molecular flexibility index (Phi) is 5.05. The standard InChI is InChI=1S/C22H16ClN3O2S/c1-14-4-8-16(9-5-14)25-12-2-3-18(25)13-19-20(27)24-22(29)26(21(19)28)17-10-6-15(23)7-11-17/h2-13H,1H3,(H,24,27,29). The lowest BCUT2D eigenvalue weighted by Crippen LogP contribution is -2.54. The predicted molar refractivity (Wildman–Crippen MR) is 118 cm³/mol. The Balaban J connectivity index is 1.73. The number of nitrogens with zero attached hydrogens (tertiary/aromatic N) is 2. The summed E-state index contributed by atoms with van der Waals surface area (Å²) in [7, 11) is 0. The van der Waals surface area contributed by atoms with Crippen molar-refractivity contribution in [2.45, 2.75) is 6.92 Å².